The molecule has 1 aromatic carbocycles. The lowest BCUT2D eigenvalue weighted by atomic mass is 10.0. The predicted molar refractivity (Wildman–Crippen MR) is 62.5 cm³/mol. The summed E-state index contributed by atoms with van der Waals surface area (Å²) in [6.07, 6.45) is 0. The topological polar surface area (TPSA) is 43.8 Å². The smallest absolute Gasteiger partial charge is 0.132 e. The average Bonchev–Trinajstić information content (AvgIpc) is 2.53. The Balaban J connectivity index is 2.60. The van der Waals surface area contributed by atoms with Gasteiger partial charge < -0.3 is 5.73 Å². The number of halogens is 1. The molecule has 4 heteroatoms. The summed E-state index contributed by atoms with van der Waals surface area (Å²) in [5, 5.41) is 4.16. The first-order valence-electron chi connectivity index (χ1n) is 5.05. The summed E-state index contributed by atoms with van der Waals surface area (Å²) >= 11 is 0. The molecule has 0 aliphatic rings. The molecule has 0 aliphatic heterocycles. The van der Waals surface area contributed by atoms with Crippen molar-refractivity contribution >= 4 is 5.82 Å². The van der Waals surface area contributed by atoms with Gasteiger partial charge in [0.1, 0.15) is 11.6 Å². The molecule has 2 N–H and O–H groups in total. The fraction of sp³-hybridized carbons (Fsp3) is 0.250. The summed E-state index contributed by atoms with van der Waals surface area (Å²) in [4.78, 5) is 0. The Morgan fingerprint density at radius 3 is 2.38 bits per heavy atom. The van der Waals surface area contributed by atoms with Crippen molar-refractivity contribution in [2.45, 2.75) is 13.8 Å². The van der Waals surface area contributed by atoms with Crippen LogP contribution < -0.4 is 5.73 Å². The predicted octanol–water partition coefficient (Wildman–Crippen LogP) is 2.43. The Hall–Kier alpha value is -1.84. The van der Waals surface area contributed by atoms with Crippen molar-refractivity contribution in [3.63, 3.8) is 0 Å². The van der Waals surface area contributed by atoms with E-state index in [0.29, 0.717) is 17.1 Å². The van der Waals surface area contributed by atoms with Crippen molar-refractivity contribution in [3.8, 4) is 11.3 Å². The third-order valence-corrected chi connectivity index (χ3v) is 2.78. The molecule has 1 heterocycles. The van der Waals surface area contributed by atoms with Crippen LogP contribution in [0.1, 0.15) is 11.1 Å². The minimum atomic E-state index is -0.263. The number of anilines is 1. The zero-order valence-corrected chi connectivity index (χ0v) is 9.58. The Kier molecular flexibility index (Phi) is 2.42. The van der Waals surface area contributed by atoms with E-state index in [1.807, 2.05) is 13.8 Å². The van der Waals surface area contributed by atoms with Crippen molar-refractivity contribution in [2.24, 2.45) is 7.05 Å². The van der Waals surface area contributed by atoms with Crippen molar-refractivity contribution in [3.05, 3.63) is 35.1 Å². The van der Waals surface area contributed by atoms with Gasteiger partial charge >= 0.3 is 0 Å². The fourth-order valence-electron chi connectivity index (χ4n) is 1.59. The van der Waals surface area contributed by atoms with Crippen LogP contribution in [0, 0.1) is 19.7 Å². The highest BCUT2D eigenvalue weighted by atomic mass is 19.1. The van der Waals surface area contributed by atoms with Crippen LogP contribution in [0.25, 0.3) is 11.3 Å². The van der Waals surface area contributed by atoms with Crippen molar-refractivity contribution < 1.29 is 4.39 Å². The highest BCUT2D eigenvalue weighted by molar-refractivity contribution is 5.64. The third-order valence-electron chi connectivity index (χ3n) is 2.78. The first kappa shape index (κ1) is 10.7. The zero-order chi connectivity index (χ0) is 11.9. The van der Waals surface area contributed by atoms with E-state index >= 15 is 0 Å². The molecular formula is C12H14FN3. The van der Waals surface area contributed by atoms with Crippen LogP contribution in [0.3, 0.4) is 0 Å². The van der Waals surface area contributed by atoms with E-state index in [2.05, 4.69) is 5.10 Å². The average molecular weight is 219 g/mol. The van der Waals surface area contributed by atoms with Gasteiger partial charge in [0.25, 0.3) is 0 Å². The van der Waals surface area contributed by atoms with Crippen LogP contribution in [0.5, 0.6) is 0 Å². The maximum atomic E-state index is 13.8. The van der Waals surface area contributed by atoms with E-state index in [4.69, 9.17) is 5.73 Å². The van der Waals surface area contributed by atoms with Crippen molar-refractivity contribution in [1.29, 1.82) is 0 Å². The van der Waals surface area contributed by atoms with E-state index in [0.717, 1.165) is 11.1 Å². The lowest BCUT2D eigenvalue weighted by molar-refractivity contribution is 0.628. The van der Waals surface area contributed by atoms with Gasteiger partial charge in [0.2, 0.25) is 0 Å². The molecule has 0 saturated carbocycles. The number of rotatable bonds is 1. The number of nitrogens with two attached hydrogens (primary N) is 1. The SMILES string of the molecule is Cc1cc(F)c(-c2cc(N)n(C)n2)cc1C. The molecule has 84 valence electrons. The number of benzene rings is 1. The van der Waals surface area contributed by atoms with Gasteiger partial charge in [-0.3, -0.25) is 4.68 Å². The maximum absolute atomic E-state index is 13.8. The second-order valence-corrected chi connectivity index (χ2v) is 3.99. The van der Waals surface area contributed by atoms with Gasteiger partial charge in [0.05, 0.1) is 5.69 Å². The Morgan fingerprint density at radius 1 is 1.19 bits per heavy atom. The second kappa shape index (κ2) is 3.63. The molecule has 0 aliphatic carbocycles. The number of hydrogen-bond acceptors (Lipinski definition) is 2. The Bertz CT molecular complexity index is 524. The van der Waals surface area contributed by atoms with Gasteiger partial charge in [-0.25, -0.2) is 4.39 Å². The highest BCUT2D eigenvalue weighted by Gasteiger charge is 2.11. The van der Waals surface area contributed by atoms with Crippen molar-refractivity contribution in [2.75, 3.05) is 5.73 Å². The molecule has 0 fully saturated rings. The first-order chi connectivity index (χ1) is 7.49. The van der Waals surface area contributed by atoms with Gasteiger partial charge in [0, 0.05) is 18.7 Å². The summed E-state index contributed by atoms with van der Waals surface area (Å²) in [6, 6.07) is 5.00. The van der Waals surface area contributed by atoms with E-state index in [1.165, 1.54) is 10.7 Å². The number of aryl methyl sites for hydroxylation is 3. The number of aromatic nitrogens is 2. The normalized spacial score (nSPS) is 10.8. The zero-order valence-electron chi connectivity index (χ0n) is 9.58. The summed E-state index contributed by atoms with van der Waals surface area (Å²) in [6.45, 7) is 3.83. The molecule has 0 saturated heterocycles. The number of hydrogen-bond donors (Lipinski definition) is 1. The first-order valence-corrected chi connectivity index (χ1v) is 5.05. The van der Waals surface area contributed by atoms with Crippen LogP contribution in [-0.2, 0) is 7.05 Å². The fourth-order valence-corrected chi connectivity index (χ4v) is 1.59. The lowest BCUT2D eigenvalue weighted by Crippen LogP contribution is -1.97. The lowest BCUT2D eigenvalue weighted by Gasteiger charge is -2.04. The van der Waals surface area contributed by atoms with Crippen molar-refractivity contribution in [1.82, 2.24) is 9.78 Å². The molecule has 1 aromatic heterocycles. The van der Waals surface area contributed by atoms with E-state index in [-0.39, 0.29) is 5.82 Å². The quantitative estimate of drug-likeness (QED) is 0.800. The standard InChI is InChI=1S/C12H14FN3/c1-7-4-9(10(13)5-8(7)2)11-6-12(14)16(3)15-11/h4-6H,14H2,1-3H3. The molecule has 0 amide bonds. The number of nitrogens with zero attached hydrogens (tertiary/aromatic N) is 2. The molecule has 2 rings (SSSR count). The van der Waals surface area contributed by atoms with E-state index in [1.54, 1.807) is 19.2 Å². The van der Waals surface area contributed by atoms with Gasteiger partial charge in [0.15, 0.2) is 0 Å². The second-order valence-electron chi connectivity index (χ2n) is 3.99. The van der Waals surface area contributed by atoms with Gasteiger partial charge in [-0.05, 0) is 37.1 Å². The molecule has 2 aromatic rings. The largest absolute Gasteiger partial charge is 0.384 e. The Labute approximate surface area is 93.7 Å². The van der Waals surface area contributed by atoms with E-state index < -0.39 is 0 Å². The molecule has 0 unspecified atom stereocenters. The van der Waals surface area contributed by atoms with Gasteiger partial charge in [-0.1, -0.05) is 0 Å². The molecule has 0 bridgehead atoms. The third kappa shape index (κ3) is 1.66. The van der Waals surface area contributed by atoms with Gasteiger partial charge in [-0.2, -0.15) is 5.10 Å². The molecular weight excluding hydrogens is 205 g/mol. The van der Waals surface area contributed by atoms with E-state index in [9.17, 15) is 4.39 Å². The van der Waals surface area contributed by atoms with Crippen LogP contribution in [0.4, 0.5) is 10.2 Å². The summed E-state index contributed by atoms with van der Waals surface area (Å²) in [5.74, 6) is 0.258. The van der Waals surface area contributed by atoms with Crippen LogP contribution >= 0.6 is 0 Å². The maximum Gasteiger partial charge on any atom is 0.132 e. The molecule has 0 spiro atoms. The summed E-state index contributed by atoms with van der Waals surface area (Å²) in [7, 11) is 1.73. The molecule has 3 nitrogen and oxygen atoms in total. The monoisotopic (exact) mass is 219 g/mol. The minimum absolute atomic E-state index is 0.263. The van der Waals surface area contributed by atoms with Crippen LogP contribution in [0.15, 0.2) is 18.2 Å². The molecule has 0 atom stereocenters. The van der Waals surface area contributed by atoms with Crippen LogP contribution in [-0.4, -0.2) is 9.78 Å². The summed E-state index contributed by atoms with van der Waals surface area (Å²) in [5.41, 5.74) is 8.72. The van der Waals surface area contributed by atoms with Crippen LogP contribution in [0.2, 0.25) is 0 Å². The molecule has 0 radical (unpaired) electrons. The Morgan fingerprint density at radius 2 is 1.81 bits per heavy atom. The highest BCUT2D eigenvalue weighted by Crippen LogP contribution is 2.25. The summed E-state index contributed by atoms with van der Waals surface area (Å²) < 4.78 is 15.3. The molecule has 16 heavy (non-hydrogen) atoms. The van der Waals surface area contributed by atoms with Gasteiger partial charge in [-0.15, -0.1) is 0 Å². The number of nitrogen functional groups attached to an aromatic ring is 1. The minimum Gasteiger partial charge on any atom is -0.384 e.